The molecular formula is C17H16ClN5S. The van der Waals surface area contributed by atoms with Crippen molar-refractivity contribution in [3.8, 4) is 0 Å². The van der Waals surface area contributed by atoms with Crippen LogP contribution >= 0.6 is 23.8 Å². The second kappa shape index (κ2) is 7.42. The van der Waals surface area contributed by atoms with Crippen LogP contribution in [0, 0.1) is 6.92 Å². The molecule has 0 unspecified atom stereocenters. The number of rotatable bonds is 4. The molecule has 5 nitrogen and oxygen atoms in total. The first-order chi connectivity index (χ1) is 11.6. The SMILES string of the molecule is Cc1cccc(Cn2cnc(NC(=S)Nc3cccc(Cl)c3)n2)c1. The van der Waals surface area contributed by atoms with Gasteiger partial charge in [-0.3, -0.25) is 5.32 Å². The lowest BCUT2D eigenvalue weighted by molar-refractivity contribution is 0.687. The number of benzene rings is 2. The lowest BCUT2D eigenvalue weighted by Gasteiger charge is -2.08. The Hall–Kier alpha value is -2.44. The van der Waals surface area contributed by atoms with Gasteiger partial charge in [0.2, 0.25) is 5.95 Å². The molecule has 7 heteroatoms. The van der Waals surface area contributed by atoms with Gasteiger partial charge < -0.3 is 5.32 Å². The Morgan fingerprint density at radius 2 is 2.00 bits per heavy atom. The fourth-order valence-electron chi connectivity index (χ4n) is 2.26. The number of aryl methyl sites for hydroxylation is 1. The van der Waals surface area contributed by atoms with E-state index in [9.17, 15) is 0 Å². The summed E-state index contributed by atoms with van der Waals surface area (Å²) in [7, 11) is 0. The normalized spacial score (nSPS) is 10.4. The van der Waals surface area contributed by atoms with Crippen LogP contribution in [0.3, 0.4) is 0 Å². The van der Waals surface area contributed by atoms with E-state index in [-0.39, 0.29) is 0 Å². The van der Waals surface area contributed by atoms with Crippen LogP contribution in [0.2, 0.25) is 5.02 Å². The fraction of sp³-hybridized carbons (Fsp3) is 0.118. The van der Waals surface area contributed by atoms with E-state index in [4.69, 9.17) is 23.8 Å². The smallest absolute Gasteiger partial charge is 0.248 e. The quantitative estimate of drug-likeness (QED) is 0.688. The molecule has 0 saturated heterocycles. The van der Waals surface area contributed by atoms with E-state index >= 15 is 0 Å². The monoisotopic (exact) mass is 357 g/mol. The van der Waals surface area contributed by atoms with E-state index in [0.717, 1.165) is 5.69 Å². The number of halogens is 1. The highest BCUT2D eigenvalue weighted by molar-refractivity contribution is 7.80. The van der Waals surface area contributed by atoms with Gasteiger partial charge in [0.25, 0.3) is 0 Å². The molecule has 0 aliphatic heterocycles. The zero-order valence-electron chi connectivity index (χ0n) is 13.0. The average molecular weight is 358 g/mol. The maximum Gasteiger partial charge on any atom is 0.248 e. The van der Waals surface area contributed by atoms with E-state index in [0.29, 0.717) is 22.6 Å². The minimum absolute atomic E-state index is 0.408. The molecule has 0 aliphatic carbocycles. The zero-order chi connectivity index (χ0) is 16.9. The standard InChI is InChI=1S/C17H16ClN5S/c1-12-4-2-5-13(8-12)10-23-11-19-16(22-23)21-17(24)20-15-7-3-6-14(18)9-15/h2-9,11H,10H2,1H3,(H2,20,21,22,24). The van der Waals surface area contributed by atoms with Crippen LogP contribution < -0.4 is 10.6 Å². The predicted octanol–water partition coefficient (Wildman–Crippen LogP) is 4.10. The van der Waals surface area contributed by atoms with Crippen LogP contribution in [0.1, 0.15) is 11.1 Å². The van der Waals surface area contributed by atoms with Gasteiger partial charge in [0.1, 0.15) is 6.33 Å². The lowest BCUT2D eigenvalue weighted by atomic mass is 10.1. The Balaban J connectivity index is 1.60. The number of anilines is 2. The summed E-state index contributed by atoms with van der Waals surface area (Å²) in [6.07, 6.45) is 1.67. The molecule has 2 aromatic carbocycles. The summed E-state index contributed by atoms with van der Waals surface area (Å²) in [5, 5.41) is 11.4. The summed E-state index contributed by atoms with van der Waals surface area (Å²) in [4.78, 5) is 4.22. The van der Waals surface area contributed by atoms with Crippen molar-refractivity contribution in [3.63, 3.8) is 0 Å². The summed E-state index contributed by atoms with van der Waals surface area (Å²) < 4.78 is 1.76. The van der Waals surface area contributed by atoms with Gasteiger partial charge in [0, 0.05) is 10.7 Å². The Labute approximate surface area is 150 Å². The summed E-state index contributed by atoms with van der Waals surface area (Å²) in [5.74, 6) is 0.446. The number of nitrogens with one attached hydrogen (secondary N) is 2. The van der Waals surface area contributed by atoms with Crippen molar-refractivity contribution in [1.29, 1.82) is 0 Å². The third kappa shape index (κ3) is 4.53. The maximum absolute atomic E-state index is 5.95. The third-order valence-corrected chi connectivity index (χ3v) is 3.71. The molecule has 0 radical (unpaired) electrons. The van der Waals surface area contributed by atoms with E-state index in [2.05, 4.69) is 45.8 Å². The first kappa shape index (κ1) is 16.4. The predicted molar refractivity (Wildman–Crippen MR) is 102 cm³/mol. The van der Waals surface area contributed by atoms with Crippen LogP contribution in [0.25, 0.3) is 0 Å². The Morgan fingerprint density at radius 3 is 2.79 bits per heavy atom. The zero-order valence-corrected chi connectivity index (χ0v) is 14.6. The van der Waals surface area contributed by atoms with Crippen LogP contribution in [-0.2, 0) is 6.54 Å². The molecule has 0 saturated carbocycles. The van der Waals surface area contributed by atoms with Crippen molar-refractivity contribution in [1.82, 2.24) is 14.8 Å². The Morgan fingerprint density at radius 1 is 1.17 bits per heavy atom. The van der Waals surface area contributed by atoms with Crippen molar-refractivity contribution in [3.05, 3.63) is 71.0 Å². The van der Waals surface area contributed by atoms with Crippen LogP contribution in [0.5, 0.6) is 0 Å². The number of hydrogen-bond donors (Lipinski definition) is 2. The van der Waals surface area contributed by atoms with Crippen molar-refractivity contribution < 1.29 is 0 Å². The van der Waals surface area contributed by atoms with Crippen LogP contribution in [-0.4, -0.2) is 19.9 Å². The van der Waals surface area contributed by atoms with E-state index in [1.807, 2.05) is 18.2 Å². The highest BCUT2D eigenvalue weighted by atomic mass is 35.5. The number of thiocarbonyl (C=S) groups is 1. The van der Waals surface area contributed by atoms with Gasteiger partial charge >= 0.3 is 0 Å². The minimum atomic E-state index is 0.408. The van der Waals surface area contributed by atoms with Crippen molar-refractivity contribution in [2.75, 3.05) is 10.6 Å². The Kier molecular flexibility index (Phi) is 5.08. The molecule has 0 aliphatic rings. The van der Waals surface area contributed by atoms with Gasteiger partial charge in [0.05, 0.1) is 6.54 Å². The summed E-state index contributed by atoms with van der Waals surface area (Å²) >= 11 is 11.2. The van der Waals surface area contributed by atoms with Crippen molar-refractivity contribution in [2.24, 2.45) is 0 Å². The van der Waals surface area contributed by atoms with Gasteiger partial charge in [-0.05, 0) is 42.9 Å². The van der Waals surface area contributed by atoms with E-state index in [1.54, 1.807) is 23.1 Å². The third-order valence-electron chi connectivity index (χ3n) is 3.27. The van der Waals surface area contributed by atoms with Crippen LogP contribution in [0.4, 0.5) is 11.6 Å². The highest BCUT2D eigenvalue weighted by Crippen LogP contribution is 2.15. The fourth-order valence-corrected chi connectivity index (χ4v) is 2.66. The summed E-state index contributed by atoms with van der Waals surface area (Å²) in [6.45, 7) is 2.72. The largest absolute Gasteiger partial charge is 0.332 e. The molecule has 3 aromatic rings. The van der Waals surface area contributed by atoms with Crippen molar-refractivity contribution >= 4 is 40.6 Å². The average Bonchev–Trinajstić information content (AvgIpc) is 2.94. The second-order valence-corrected chi connectivity index (χ2v) is 6.19. The molecule has 122 valence electrons. The highest BCUT2D eigenvalue weighted by Gasteiger charge is 2.05. The molecular weight excluding hydrogens is 342 g/mol. The molecule has 0 bridgehead atoms. The molecule has 24 heavy (non-hydrogen) atoms. The van der Waals surface area contributed by atoms with Gasteiger partial charge in [0.15, 0.2) is 5.11 Å². The molecule has 1 aromatic heterocycles. The minimum Gasteiger partial charge on any atom is -0.332 e. The molecule has 1 heterocycles. The number of hydrogen-bond acceptors (Lipinski definition) is 3. The van der Waals surface area contributed by atoms with Gasteiger partial charge in [-0.25, -0.2) is 9.67 Å². The maximum atomic E-state index is 5.95. The Bertz CT molecular complexity index is 861. The lowest BCUT2D eigenvalue weighted by Crippen LogP contribution is -2.20. The first-order valence-electron chi connectivity index (χ1n) is 7.37. The molecule has 0 fully saturated rings. The molecule has 0 amide bonds. The molecule has 0 atom stereocenters. The van der Waals surface area contributed by atoms with E-state index < -0.39 is 0 Å². The van der Waals surface area contributed by atoms with Crippen molar-refractivity contribution in [2.45, 2.75) is 13.5 Å². The molecule has 0 spiro atoms. The summed E-state index contributed by atoms with van der Waals surface area (Å²) in [6, 6.07) is 15.6. The molecule has 3 rings (SSSR count). The summed E-state index contributed by atoms with van der Waals surface area (Å²) in [5.41, 5.74) is 3.20. The first-order valence-corrected chi connectivity index (χ1v) is 8.16. The van der Waals surface area contributed by atoms with Gasteiger partial charge in [-0.2, -0.15) is 0 Å². The number of aromatic nitrogens is 3. The van der Waals surface area contributed by atoms with Gasteiger partial charge in [-0.15, -0.1) is 5.10 Å². The molecule has 2 N–H and O–H groups in total. The topological polar surface area (TPSA) is 54.8 Å². The van der Waals surface area contributed by atoms with Crippen LogP contribution in [0.15, 0.2) is 54.9 Å². The second-order valence-electron chi connectivity index (χ2n) is 5.34. The van der Waals surface area contributed by atoms with Gasteiger partial charge in [-0.1, -0.05) is 47.5 Å². The van der Waals surface area contributed by atoms with E-state index in [1.165, 1.54) is 11.1 Å². The number of nitrogens with zero attached hydrogens (tertiary/aromatic N) is 3.